The largest absolute Gasteiger partial charge is 0.462 e. The average Bonchev–Trinajstić information content (AvgIpc) is 3.11. The van der Waals surface area contributed by atoms with Crippen molar-refractivity contribution in [2.75, 3.05) is 5.33 Å². The minimum absolute atomic E-state index is 0.0392. The van der Waals surface area contributed by atoms with E-state index in [-0.39, 0.29) is 12.1 Å². The average molecular weight is 522 g/mol. The Hall–Kier alpha value is -0.310. The van der Waals surface area contributed by atoms with Crippen molar-refractivity contribution in [2.45, 2.75) is 118 Å². The molecule has 0 heterocycles. The molecule has 0 amide bonds. The van der Waals surface area contributed by atoms with Crippen molar-refractivity contribution in [1.29, 1.82) is 0 Å². The van der Waals surface area contributed by atoms with Crippen LogP contribution >= 0.6 is 15.9 Å². The second-order valence-electron chi connectivity index (χ2n) is 13.1. The van der Waals surface area contributed by atoms with Crippen molar-refractivity contribution in [3.8, 4) is 0 Å². The number of hydrogen-bond acceptors (Lipinski definition) is 2. The molecule has 0 aromatic carbocycles. The van der Waals surface area contributed by atoms with Gasteiger partial charge in [-0.1, -0.05) is 81.5 Å². The molecule has 4 aliphatic rings. The third kappa shape index (κ3) is 5.01. The van der Waals surface area contributed by atoms with E-state index in [2.05, 4.69) is 56.6 Å². The van der Waals surface area contributed by atoms with Gasteiger partial charge in [0.05, 0.1) is 6.42 Å². The minimum atomic E-state index is -0.0392. The Morgan fingerprint density at radius 3 is 2.61 bits per heavy atom. The fourth-order valence-electron chi connectivity index (χ4n) is 9.07. The lowest BCUT2D eigenvalue weighted by atomic mass is 9.47. The standard InChI is InChI=1S/C30H49BrO2/c1-20(2)7-6-8-21(3)25-11-12-26-24-10-9-22-19-23(33-28(32)15-18-31)13-16-29(22,4)27(24)14-17-30(25,26)5/h9,20-21,23-27H,6-8,10-19H2,1-5H3/t21-,23-,24+,25-,26-,27+,29-,30+/m0/s1. The zero-order chi connectivity index (χ0) is 23.8. The molecule has 0 aliphatic heterocycles. The third-order valence-corrected chi connectivity index (χ3v) is 11.3. The summed E-state index contributed by atoms with van der Waals surface area (Å²) in [5.74, 6) is 5.23. The van der Waals surface area contributed by atoms with Crippen LogP contribution < -0.4 is 0 Å². The number of halogens is 1. The third-order valence-electron chi connectivity index (χ3n) is 10.9. The molecule has 8 atom stereocenters. The van der Waals surface area contributed by atoms with Crippen molar-refractivity contribution >= 4 is 21.9 Å². The van der Waals surface area contributed by atoms with Crippen molar-refractivity contribution in [2.24, 2.45) is 46.3 Å². The Labute approximate surface area is 212 Å². The van der Waals surface area contributed by atoms with E-state index < -0.39 is 0 Å². The molecular formula is C30H49BrO2. The van der Waals surface area contributed by atoms with Crippen molar-refractivity contribution in [3.63, 3.8) is 0 Å². The summed E-state index contributed by atoms with van der Waals surface area (Å²) in [5, 5.41) is 0.695. The van der Waals surface area contributed by atoms with Crippen LogP contribution in [-0.2, 0) is 9.53 Å². The second kappa shape index (κ2) is 10.4. The van der Waals surface area contributed by atoms with E-state index in [1.807, 2.05) is 0 Å². The minimum Gasteiger partial charge on any atom is -0.462 e. The second-order valence-corrected chi connectivity index (χ2v) is 13.9. The van der Waals surface area contributed by atoms with Crippen LogP contribution in [0.4, 0.5) is 0 Å². The maximum atomic E-state index is 12.1. The molecule has 0 bridgehead atoms. The van der Waals surface area contributed by atoms with Crippen LogP contribution in [0.3, 0.4) is 0 Å². The molecule has 2 nitrogen and oxygen atoms in total. The first-order valence-electron chi connectivity index (χ1n) is 14.1. The van der Waals surface area contributed by atoms with E-state index in [0.29, 0.717) is 22.6 Å². The lowest BCUT2D eigenvalue weighted by Crippen LogP contribution is -2.51. The number of alkyl halides is 1. The highest BCUT2D eigenvalue weighted by molar-refractivity contribution is 9.09. The molecule has 0 radical (unpaired) electrons. The van der Waals surface area contributed by atoms with E-state index in [0.717, 1.165) is 48.3 Å². The van der Waals surface area contributed by atoms with Gasteiger partial charge in [-0.2, -0.15) is 0 Å². The lowest BCUT2D eigenvalue weighted by molar-refractivity contribution is -0.151. The van der Waals surface area contributed by atoms with Crippen molar-refractivity contribution < 1.29 is 9.53 Å². The van der Waals surface area contributed by atoms with Gasteiger partial charge in [-0.05, 0) is 91.3 Å². The van der Waals surface area contributed by atoms with Gasteiger partial charge in [0.15, 0.2) is 0 Å². The monoisotopic (exact) mass is 520 g/mol. The fraction of sp³-hybridized carbons (Fsp3) is 0.900. The van der Waals surface area contributed by atoms with Crippen LogP contribution in [0, 0.1) is 46.3 Å². The topological polar surface area (TPSA) is 26.3 Å². The van der Waals surface area contributed by atoms with Gasteiger partial charge in [-0.25, -0.2) is 0 Å². The summed E-state index contributed by atoms with van der Waals surface area (Å²) in [6.07, 6.45) is 17.7. The number of ether oxygens (including phenoxy) is 1. The molecular weight excluding hydrogens is 472 g/mol. The van der Waals surface area contributed by atoms with Crippen LogP contribution in [0.2, 0.25) is 0 Å². The smallest absolute Gasteiger partial charge is 0.306 e. The molecule has 4 aliphatic carbocycles. The quantitative estimate of drug-likeness (QED) is 0.181. The van der Waals surface area contributed by atoms with Gasteiger partial charge in [0, 0.05) is 11.8 Å². The van der Waals surface area contributed by atoms with Crippen LogP contribution in [-0.4, -0.2) is 17.4 Å². The highest BCUT2D eigenvalue weighted by atomic mass is 79.9. The number of esters is 1. The highest BCUT2D eigenvalue weighted by Gasteiger charge is 2.59. The van der Waals surface area contributed by atoms with Gasteiger partial charge in [0.1, 0.15) is 6.10 Å². The van der Waals surface area contributed by atoms with Gasteiger partial charge >= 0.3 is 5.97 Å². The van der Waals surface area contributed by atoms with Gasteiger partial charge < -0.3 is 4.74 Å². The maximum Gasteiger partial charge on any atom is 0.306 e. The van der Waals surface area contributed by atoms with Gasteiger partial charge in [0.2, 0.25) is 0 Å². The first-order valence-corrected chi connectivity index (χ1v) is 15.3. The van der Waals surface area contributed by atoms with E-state index >= 15 is 0 Å². The van der Waals surface area contributed by atoms with Crippen molar-refractivity contribution in [3.05, 3.63) is 11.6 Å². The number of carbonyl (C=O) groups is 1. The van der Waals surface area contributed by atoms with E-state index in [9.17, 15) is 4.79 Å². The van der Waals surface area contributed by atoms with Gasteiger partial charge in [-0.15, -0.1) is 0 Å². The van der Waals surface area contributed by atoms with E-state index in [4.69, 9.17) is 4.74 Å². The summed E-state index contributed by atoms with van der Waals surface area (Å²) < 4.78 is 5.82. The predicted octanol–water partition coefficient (Wildman–Crippen LogP) is 8.72. The fourth-order valence-corrected chi connectivity index (χ4v) is 9.40. The summed E-state index contributed by atoms with van der Waals surface area (Å²) in [5.41, 5.74) is 2.51. The molecule has 4 rings (SSSR count). The Bertz CT molecular complexity index is 729. The Balaban J connectivity index is 1.43. The number of fused-ring (bicyclic) bond motifs is 5. The predicted molar refractivity (Wildman–Crippen MR) is 141 cm³/mol. The Morgan fingerprint density at radius 2 is 1.88 bits per heavy atom. The number of carbonyl (C=O) groups excluding carboxylic acids is 1. The highest BCUT2D eigenvalue weighted by Crippen LogP contribution is 2.67. The van der Waals surface area contributed by atoms with Crippen molar-refractivity contribution in [1.82, 2.24) is 0 Å². The molecule has 3 fully saturated rings. The van der Waals surface area contributed by atoms with Gasteiger partial charge in [0.25, 0.3) is 0 Å². The van der Waals surface area contributed by atoms with Gasteiger partial charge in [-0.3, -0.25) is 4.79 Å². The molecule has 188 valence electrons. The van der Waals surface area contributed by atoms with Crippen LogP contribution in [0.15, 0.2) is 11.6 Å². The molecule has 0 unspecified atom stereocenters. The molecule has 0 spiro atoms. The SMILES string of the molecule is CC(C)CCC[C@H](C)[C@@H]1CC[C@H]2[C@H]3CC=C4C[C@@H](OC(=O)CCBr)CC[C@]4(C)[C@@H]3CC[C@@]21C. The molecule has 3 heteroatoms. The summed E-state index contributed by atoms with van der Waals surface area (Å²) in [6, 6.07) is 0. The molecule has 33 heavy (non-hydrogen) atoms. The lowest BCUT2D eigenvalue weighted by Gasteiger charge is -2.58. The summed E-state index contributed by atoms with van der Waals surface area (Å²) >= 11 is 3.36. The molecule has 3 saturated carbocycles. The number of hydrogen-bond donors (Lipinski definition) is 0. The van der Waals surface area contributed by atoms with E-state index in [1.165, 1.54) is 57.8 Å². The molecule has 0 aromatic rings. The zero-order valence-corrected chi connectivity index (χ0v) is 23.6. The van der Waals surface area contributed by atoms with E-state index in [1.54, 1.807) is 5.57 Å². The maximum absolute atomic E-state index is 12.1. The molecule has 0 aromatic heterocycles. The Kier molecular flexibility index (Phi) is 8.09. The van der Waals surface area contributed by atoms with Crippen LogP contribution in [0.1, 0.15) is 112 Å². The molecule has 0 N–H and O–H groups in total. The number of rotatable bonds is 8. The summed E-state index contributed by atoms with van der Waals surface area (Å²) in [4.78, 5) is 12.1. The molecule has 0 saturated heterocycles. The summed E-state index contributed by atoms with van der Waals surface area (Å²) in [6.45, 7) is 12.6. The number of allylic oxidation sites excluding steroid dienone is 1. The first kappa shape index (κ1) is 25.8. The first-order chi connectivity index (χ1) is 15.7. The van der Waals surface area contributed by atoms with Crippen LogP contribution in [0.5, 0.6) is 0 Å². The zero-order valence-electron chi connectivity index (χ0n) is 22.0. The Morgan fingerprint density at radius 1 is 1.09 bits per heavy atom. The normalized spacial score (nSPS) is 41.1. The van der Waals surface area contributed by atoms with Crippen LogP contribution in [0.25, 0.3) is 0 Å². The summed E-state index contributed by atoms with van der Waals surface area (Å²) in [7, 11) is 0.